The molecule has 10 heteroatoms. The number of methoxy groups -OCH3 is 1. The Kier molecular flexibility index (Phi) is 4.95. The van der Waals surface area contributed by atoms with Gasteiger partial charge in [-0.05, 0) is 12.1 Å². The Hall–Kier alpha value is -2.30. The highest BCUT2D eigenvalue weighted by Gasteiger charge is 2.14. The lowest BCUT2D eigenvalue weighted by molar-refractivity contribution is 0.102. The molecule has 0 aliphatic heterocycles. The number of aromatic nitrogens is 3. The van der Waals surface area contributed by atoms with Gasteiger partial charge in [0, 0.05) is 12.5 Å². The molecule has 0 atom stereocenters. The highest BCUT2D eigenvalue weighted by Crippen LogP contribution is 2.20. The van der Waals surface area contributed by atoms with Crippen LogP contribution in [0.2, 0.25) is 0 Å². The molecule has 120 valence electrons. The van der Waals surface area contributed by atoms with Gasteiger partial charge in [-0.2, -0.15) is 0 Å². The highest BCUT2D eigenvalue weighted by molar-refractivity contribution is 7.15. The van der Waals surface area contributed by atoms with E-state index in [0.717, 1.165) is 5.76 Å². The Labute approximate surface area is 139 Å². The lowest BCUT2D eigenvalue weighted by atomic mass is 10.4. The summed E-state index contributed by atoms with van der Waals surface area (Å²) in [6.07, 6.45) is 1.61. The predicted octanol–water partition coefficient (Wildman–Crippen LogP) is 2.60. The van der Waals surface area contributed by atoms with Crippen LogP contribution in [0.15, 0.2) is 28.2 Å². The zero-order valence-corrected chi connectivity index (χ0v) is 13.7. The van der Waals surface area contributed by atoms with E-state index in [2.05, 4.69) is 25.8 Å². The van der Waals surface area contributed by atoms with Crippen LogP contribution in [0.25, 0.3) is 0 Å². The molecule has 0 saturated heterocycles. The van der Waals surface area contributed by atoms with E-state index in [1.165, 1.54) is 22.7 Å². The van der Waals surface area contributed by atoms with Gasteiger partial charge < -0.3 is 14.5 Å². The summed E-state index contributed by atoms with van der Waals surface area (Å²) in [4.78, 5) is 16.4. The molecule has 0 radical (unpaired) electrons. The summed E-state index contributed by atoms with van der Waals surface area (Å²) in [7, 11) is 1.58. The number of amides is 1. The smallest absolute Gasteiger partial charge is 0.277 e. The van der Waals surface area contributed by atoms with Crippen molar-refractivity contribution in [1.29, 1.82) is 0 Å². The summed E-state index contributed by atoms with van der Waals surface area (Å²) < 4.78 is 10.2. The number of anilines is 2. The summed E-state index contributed by atoms with van der Waals surface area (Å²) in [5.41, 5.74) is 0.320. The van der Waals surface area contributed by atoms with Crippen LogP contribution < -0.4 is 10.6 Å². The van der Waals surface area contributed by atoms with Crippen molar-refractivity contribution in [1.82, 2.24) is 15.2 Å². The van der Waals surface area contributed by atoms with Gasteiger partial charge in [-0.25, -0.2) is 4.98 Å². The van der Waals surface area contributed by atoms with Crippen molar-refractivity contribution >= 4 is 38.8 Å². The topological polar surface area (TPSA) is 102 Å². The third kappa shape index (κ3) is 4.12. The zero-order chi connectivity index (χ0) is 16.1. The number of nitrogens with one attached hydrogen (secondary N) is 2. The van der Waals surface area contributed by atoms with Crippen LogP contribution in [-0.4, -0.2) is 28.2 Å². The van der Waals surface area contributed by atoms with Crippen molar-refractivity contribution in [3.63, 3.8) is 0 Å². The van der Waals surface area contributed by atoms with Gasteiger partial charge in [-0.15, -0.1) is 21.5 Å². The van der Waals surface area contributed by atoms with E-state index in [4.69, 9.17) is 9.15 Å². The molecule has 3 aromatic heterocycles. The Morgan fingerprint density at radius 2 is 2.30 bits per heavy atom. The normalized spacial score (nSPS) is 10.7. The maximum Gasteiger partial charge on any atom is 0.277 e. The van der Waals surface area contributed by atoms with E-state index in [0.29, 0.717) is 34.1 Å². The lowest BCUT2D eigenvalue weighted by Gasteiger charge is -1.99. The lowest BCUT2D eigenvalue weighted by Crippen LogP contribution is -2.12. The Morgan fingerprint density at radius 3 is 3.09 bits per heavy atom. The van der Waals surface area contributed by atoms with Crippen molar-refractivity contribution in [3.8, 4) is 0 Å². The summed E-state index contributed by atoms with van der Waals surface area (Å²) in [6, 6.07) is 3.68. The minimum absolute atomic E-state index is 0.320. The average molecular weight is 351 g/mol. The largest absolute Gasteiger partial charge is 0.467 e. The molecule has 0 saturated carbocycles. The maximum atomic E-state index is 12.1. The van der Waals surface area contributed by atoms with E-state index in [9.17, 15) is 4.79 Å². The number of furan rings is 1. The van der Waals surface area contributed by atoms with E-state index < -0.39 is 0 Å². The van der Waals surface area contributed by atoms with Gasteiger partial charge in [0.15, 0.2) is 5.13 Å². The molecule has 0 aromatic carbocycles. The first kappa shape index (κ1) is 15.6. The van der Waals surface area contributed by atoms with Crippen LogP contribution >= 0.6 is 22.7 Å². The standard InChI is InChI=1S/C13H13N5O3S2/c1-20-6-10-17-18-13(23-10)16-11(19)9-7-22-12(15-9)14-5-8-3-2-4-21-8/h2-4,7H,5-6H2,1H3,(H,14,15)(H,16,18,19). The molecule has 3 heterocycles. The average Bonchev–Trinajstić information content (AvgIpc) is 3.27. The number of rotatable bonds is 7. The molecule has 1 amide bonds. The molecular formula is C13H13N5O3S2. The molecule has 2 N–H and O–H groups in total. The fourth-order valence-corrected chi connectivity index (χ4v) is 3.08. The molecule has 0 aliphatic rings. The Balaban J connectivity index is 1.57. The van der Waals surface area contributed by atoms with Crippen molar-refractivity contribution in [3.05, 3.63) is 40.2 Å². The van der Waals surface area contributed by atoms with Crippen molar-refractivity contribution in [2.75, 3.05) is 17.7 Å². The third-order valence-corrected chi connectivity index (χ3v) is 4.30. The summed E-state index contributed by atoms with van der Waals surface area (Å²) in [5, 5.41) is 17.0. The minimum atomic E-state index is -0.326. The number of ether oxygens (including phenoxy) is 1. The van der Waals surface area contributed by atoms with Crippen LogP contribution in [0, 0.1) is 0 Å². The number of hydrogen-bond donors (Lipinski definition) is 2. The summed E-state index contributed by atoms with van der Waals surface area (Å²) >= 11 is 2.61. The van der Waals surface area contributed by atoms with Gasteiger partial charge in [-0.3, -0.25) is 10.1 Å². The second kappa shape index (κ2) is 7.31. The van der Waals surface area contributed by atoms with Crippen LogP contribution in [0.5, 0.6) is 0 Å². The summed E-state index contributed by atoms with van der Waals surface area (Å²) in [6.45, 7) is 0.878. The number of thiazole rings is 1. The predicted molar refractivity (Wildman–Crippen MR) is 86.7 cm³/mol. The molecule has 23 heavy (non-hydrogen) atoms. The first-order valence-corrected chi connectivity index (χ1v) is 8.28. The molecule has 0 unspecified atom stereocenters. The number of hydrogen-bond acceptors (Lipinski definition) is 9. The van der Waals surface area contributed by atoms with Gasteiger partial charge in [-0.1, -0.05) is 11.3 Å². The Morgan fingerprint density at radius 1 is 1.39 bits per heavy atom. The molecule has 3 rings (SSSR count). The van der Waals surface area contributed by atoms with Gasteiger partial charge >= 0.3 is 0 Å². The highest BCUT2D eigenvalue weighted by atomic mass is 32.1. The second-order valence-corrected chi connectivity index (χ2v) is 6.28. The first-order valence-electron chi connectivity index (χ1n) is 6.59. The number of carbonyl (C=O) groups is 1. The number of carbonyl (C=O) groups excluding carboxylic acids is 1. The molecule has 0 bridgehead atoms. The molecule has 8 nitrogen and oxygen atoms in total. The second-order valence-electron chi connectivity index (χ2n) is 4.36. The quantitative estimate of drug-likeness (QED) is 0.674. The SMILES string of the molecule is COCc1nnc(NC(=O)c2csc(NCc3ccco3)n2)s1. The molecular weight excluding hydrogens is 338 g/mol. The fraction of sp³-hybridized carbons (Fsp3) is 0.231. The molecule has 3 aromatic rings. The van der Waals surface area contributed by atoms with Gasteiger partial charge in [0.1, 0.15) is 23.1 Å². The Bertz CT molecular complexity index is 768. The van der Waals surface area contributed by atoms with E-state index >= 15 is 0 Å². The van der Waals surface area contributed by atoms with E-state index in [1.807, 2.05) is 12.1 Å². The molecule has 0 spiro atoms. The first-order chi connectivity index (χ1) is 11.2. The maximum absolute atomic E-state index is 12.1. The zero-order valence-electron chi connectivity index (χ0n) is 12.1. The van der Waals surface area contributed by atoms with Crippen LogP contribution in [0.1, 0.15) is 21.3 Å². The van der Waals surface area contributed by atoms with E-state index in [-0.39, 0.29) is 5.91 Å². The van der Waals surface area contributed by atoms with Crippen LogP contribution in [-0.2, 0) is 17.9 Å². The van der Waals surface area contributed by atoms with Crippen LogP contribution in [0.4, 0.5) is 10.3 Å². The van der Waals surface area contributed by atoms with Gasteiger partial charge in [0.25, 0.3) is 5.91 Å². The third-order valence-electron chi connectivity index (χ3n) is 2.69. The van der Waals surface area contributed by atoms with Gasteiger partial charge in [0.05, 0.1) is 12.8 Å². The van der Waals surface area contributed by atoms with Gasteiger partial charge in [0.2, 0.25) is 5.13 Å². The fourth-order valence-electron chi connectivity index (χ4n) is 1.68. The number of nitrogens with zero attached hydrogens (tertiary/aromatic N) is 3. The van der Waals surface area contributed by atoms with Crippen molar-refractivity contribution in [2.45, 2.75) is 13.2 Å². The van der Waals surface area contributed by atoms with Crippen molar-refractivity contribution < 1.29 is 13.9 Å². The van der Waals surface area contributed by atoms with E-state index in [1.54, 1.807) is 18.8 Å². The summed E-state index contributed by atoms with van der Waals surface area (Å²) in [5.74, 6) is 0.471. The van der Waals surface area contributed by atoms with Crippen molar-refractivity contribution in [2.24, 2.45) is 0 Å². The molecule has 0 aliphatic carbocycles. The monoisotopic (exact) mass is 351 g/mol. The molecule has 0 fully saturated rings. The minimum Gasteiger partial charge on any atom is -0.467 e. The van der Waals surface area contributed by atoms with Crippen LogP contribution in [0.3, 0.4) is 0 Å².